The fraction of sp³-hybridized carbons (Fsp3) is 0.333. The number of esters is 1. The number of amides is 1. The van der Waals surface area contributed by atoms with Crippen molar-refractivity contribution in [3.05, 3.63) is 52.2 Å². The van der Waals surface area contributed by atoms with Crippen molar-refractivity contribution in [2.24, 2.45) is 0 Å². The molecule has 1 aromatic carbocycles. The number of benzene rings is 1. The molecule has 0 aliphatic carbocycles. The van der Waals surface area contributed by atoms with Crippen molar-refractivity contribution >= 4 is 39.2 Å². The number of nitrogens with zero attached hydrogens (tertiary/aromatic N) is 3. The summed E-state index contributed by atoms with van der Waals surface area (Å²) < 4.78 is 5.39. The molecule has 0 atom stereocenters. The van der Waals surface area contributed by atoms with Crippen LogP contribution in [0, 0.1) is 6.92 Å². The maximum atomic E-state index is 13.0. The summed E-state index contributed by atoms with van der Waals surface area (Å²) >= 11 is 1.33. The minimum absolute atomic E-state index is 0.361. The molecule has 7 nitrogen and oxygen atoms in total. The molecular weight excluding hydrogens is 388 g/mol. The Hall–Kier alpha value is -2.84. The van der Waals surface area contributed by atoms with E-state index < -0.39 is 11.9 Å². The van der Waals surface area contributed by atoms with Crippen molar-refractivity contribution in [1.29, 1.82) is 0 Å². The smallest absolute Gasteiger partial charge is 0.339 e. The summed E-state index contributed by atoms with van der Waals surface area (Å²) in [5, 5.41) is 5.75. The number of aryl methyl sites for hydroxylation is 1. The number of fused-ring (bicyclic) bond motifs is 2. The van der Waals surface area contributed by atoms with E-state index in [-0.39, 0.29) is 6.61 Å². The molecule has 4 rings (SSSR count). The van der Waals surface area contributed by atoms with Gasteiger partial charge >= 0.3 is 5.97 Å². The Morgan fingerprint density at radius 1 is 1.28 bits per heavy atom. The van der Waals surface area contributed by atoms with Gasteiger partial charge in [0, 0.05) is 41.5 Å². The van der Waals surface area contributed by atoms with E-state index in [2.05, 4.69) is 22.1 Å². The highest BCUT2D eigenvalue weighted by Crippen LogP contribution is 2.28. The number of anilines is 1. The lowest BCUT2D eigenvalue weighted by molar-refractivity contribution is -0.119. The van der Waals surface area contributed by atoms with E-state index in [0.29, 0.717) is 17.2 Å². The van der Waals surface area contributed by atoms with Crippen molar-refractivity contribution < 1.29 is 14.3 Å². The number of pyridine rings is 1. The number of hydrogen-bond donors (Lipinski definition) is 1. The van der Waals surface area contributed by atoms with Crippen LogP contribution in [0.2, 0.25) is 0 Å². The normalized spacial score (nSPS) is 13.9. The Labute approximate surface area is 172 Å². The van der Waals surface area contributed by atoms with Gasteiger partial charge in [-0.3, -0.25) is 20.0 Å². The Kier molecular flexibility index (Phi) is 5.55. The van der Waals surface area contributed by atoms with Crippen LogP contribution in [-0.2, 0) is 22.5 Å². The minimum Gasteiger partial charge on any atom is -0.452 e. The minimum atomic E-state index is -0.497. The molecular formula is C21H22N4O3S. The zero-order valence-corrected chi connectivity index (χ0v) is 17.2. The van der Waals surface area contributed by atoms with E-state index in [1.165, 1.54) is 11.3 Å². The van der Waals surface area contributed by atoms with Crippen molar-refractivity contribution in [1.82, 2.24) is 14.9 Å². The average molecular weight is 410 g/mol. The monoisotopic (exact) mass is 410 g/mol. The summed E-state index contributed by atoms with van der Waals surface area (Å²) in [7, 11) is 0. The third-order valence-electron chi connectivity index (χ3n) is 4.98. The third-order valence-corrected chi connectivity index (χ3v) is 5.85. The van der Waals surface area contributed by atoms with E-state index in [0.717, 1.165) is 47.4 Å². The first-order chi connectivity index (χ1) is 14.0. The quantitative estimate of drug-likeness (QED) is 0.651. The molecule has 150 valence electrons. The molecule has 2 aromatic heterocycles. The summed E-state index contributed by atoms with van der Waals surface area (Å²) in [5.41, 5.74) is 3.95. The van der Waals surface area contributed by atoms with E-state index >= 15 is 0 Å². The Balaban J connectivity index is 1.58. The number of rotatable bonds is 5. The van der Waals surface area contributed by atoms with E-state index in [1.807, 2.05) is 36.6 Å². The van der Waals surface area contributed by atoms with Gasteiger partial charge in [0.2, 0.25) is 0 Å². The predicted octanol–water partition coefficient (Wildman–Crippen LogP) is 3.17. The van der Waals surface area contributed by atoms with Crippen LogP contribution in [0.15, 0.2) is 29.6 Å². The van der Waals surface area contributed by atoms with Gasteiger partial charge in [-0.05, 0) is 19.5 Å². The summed E-state index contributed by atoms with van der Waals surface area (Å²) in [6, 6.07) is 7.56. The molecule has 3 aromatic rings. The predicted molar refractivity (Wildman–Crippen MR) is 112 cm³/mol. The van der Waals surface area contributed by atoms with Gasteiger partial charge in [0.05, 0.1) is 16.8 Å². The van der Waals surface area contributed by atoms with Gasteiger partial charge in [-0.2, -0.15) is 0 Å². The van der Waals surface area contributed by atoms with Gasteiger partial charge < -0.3 is 4.74 Å². The van der Waals surface area contributed by atoms with Crippen molar-refractivity contribution in [2.75, 3.05) is 25.0 Å². The van der Waals surface area contributed by atoms with Crippen molar-refractivity contribution in [2.45, 2.75) is 26.8 Å². The molecule has 8 heteroatoms. The number of para-hydroxylation sites is 1. The molecule has 29 heavy (non-hydrogen) atoms. The number of carbonyl (C=O) groups excluding carboxylic acids is 2. The number of ether oxygens (including phenoxy) is 1. The number of likely N-dealkylation sites (N-methyl/N-ethyl adjacent to an activating group) is 1. The molecule has 1 amide bonds. The van der Waals surface area contributed by atoms with Gasteiger partial charge in [0.25, 0.3) is 5.91 Å². The Morgan fingerprint density at radius 2 is 2.10 bits per heavy atom. The highest BCUT2D eigenvalue weighted by molar-refractivity contribution is 7.13. The molecule has 0 bridgehead atoms. The van der Waals surface area contributed by atoms with Crippen LogP contribution in [0.4, 0.5) is 5.13 Å². The Bertz CT molecular complexity index is 1080. The zero-order chi connectivity index (χ0) is 20.4. The SMILES string of the molecule is CCN1CCc2nc3ccccc3c(C(=O)OCC(=O)Nc3nc(C)cs3)c2C1. The van der Waals surface area contributed by atoms with Crippen LogP contribution in [-0.4, -0.2) is 46.4 Å². The number of thiazole rings is 1. The van der Waals surface area contributed by atoms with E-state index in [4.69, 9.17) is 9.72 Å². The van der Waals surface area contributed by atoms with Gasteiger partial charge in [0.1, 0.15) is 0 Å². The lowest BCUT2D eigenvalue weighted by Crippen LogP contribution is -2.32. The van der Waals surface area contributed by atoms with E-state index in [1.54, 1.807) is 0 Å². The van der Waals surface area contributed by atoms with Crippen LogP contribution in [0.1, 0.15) is 34.2 Å². The van der Waals surface area contributed by atoms with Crippen LogP contribution >= 0.6 is 11.3 Å². The molecule has 0 spiro atoms. The van der Waals surface area contributed by atoms with Crippen LogP contribution in [0.5, 0.6) is 0 Å². The molecule has 0 radical (unpaired) electrons. The first-order valence-electron chi connectivity index (χ1n) is 9.57. The lowest BCUT2D eigenvalue weighted by atomic mass is 9.96. The Morgan fingerprint density at radius 3 is 2.86 bits per heavy atom. The maximum absolute atomic E-state index is 13.0. The highest BCUT2D eigenvalue weighted by atomic mass is 32.1. The average Bonchev–Trinajstić information content (AvgIpc) is 3.14. The van der Waals surface area contributed by atoms with E-state index in [9.17, 15) is 9.59 Å². The third kappa shape index (κ3) is 4.13. The summed E-state index contributed by atoms with van der Waals surface area (Å²) in [4.78, 5) is 36.4. The molecule has 0 fully saturated rings. The number of nitrogens with one attached hydrogen (secondary N) is 1. The van der Waals surface area contributed by atoms with Crippen LogP contribution < -0.4 is 5.32 Å². The van der Waals surface area contributed by atoms with Gasteiger partial charge in [-0.15, -0.1) is 11.3 Å². The summed E-state index contributed by atoms with van der Waals surface area (Å²) in [6.45, 7) is 6.06. The molecule has 1 aliphatic rings. The lowest BCUT2D eigenvalue weighted by Gasteiger charge is -2.28. The molecule has 1 aliphatic heterocycles. The first kappa shape index (κ1) is 19.5. The second-order valence-electron chi connectivity index (χ2n) is 6.97. The fourth-order valence-corrected chi connectivity index (χ4v) is 4.22. The molecule has 0 saturated heterocycles. The molecule has 0 saturated carbocycles. The second-order valence-corrected chi connectivity index (χ2v) is 7.82. The number of carbonyl (C=O) groups is 2. The molecule has 0 unspecified atom stereocenters. The van der Waals surface area contributed by atoms with Gasteiger partial charge in [0.15, 0.2) is 11.7 Å². The van der Waals surface area contributed by atoms with Crippen LogP contribution in [0.3, 0.4) is 0 Å². The van der Waals surface area contributed by atoms with Crippen LogP contribution in [0.25, 0.3) is 10.9 Å². The molecule has 3 heterocycles. The first-order valence-corrected chi connectivity index (χ1v) is 10.4. The molecule has 1 N–H and O–H groups in total. The largest absolute Gasteiger partial charge is 0.452 e. The fourth-order valence-electron chi connectivity index (χ4n) is 3.52. The van der Waals surface area contributed by atoms with Gasteiger partial charge in [-0.25, -0.2) is 9.78 Å². The standard InChI is InChI=1S/C21H22N4O3S/c1-3-25-9-8-17-15(10-25)19(14-6-4-5-7-16(14)23-17)20(27)28-11-18(26)24-21-22-13(2)12-29-21/h4-7,12H,3,8-11H2,1-2H3,(H,22,24,26). The maximum Gasteiger partial charge on any atom is 0.339 e. The number of hydrogen-bond acceptors (Lipinski definition) is 7. The second kappa shape index (κ2) is 8.26. The van der Waals surface area contributed by atoms with Crippen molar-refractivity contribution in [3.63, 3.8) is 0 Å². The number of aromatic nitrogens is 2. The van der Waals surface area contributed by atoms with Crippen molar-refractivity contribution in [3.8, 4) is 0 Å². The van der Waals surface area contributed by atoms with Gasteiger partial charge in [-0.1, -0.05) is 25.1 Å². The summed E-state index contributed by atoms with van der Waals surface area (Å²) in [6.07, 6.45) is 0.790. The topological polar surface area (TPSA) is 84.4 Å². The zero-order valence-electron chi connectivity index (χ0n) is 16.4. The summed E-state index contributed by atoms with van der Waals surface area (Å²) in [5.74, 6) is -0.904. The highest BCUT2D eigenvalue weighted by Gasteiger charge is 2.26.